The summed E-state index contributed by atoms with van der Waals surface area (Å²) in [7, 11) is 0. The van der Waals surface area contributed by atoms with Gasteiger partial charge < -0.3 is 0 Å². The van der Waals surface area contributed by atoms with E-state index in [1.54, 1.807) is 18.5 Å². The highest BCUT2D eigenvalue weighted by molar-refractivity contribution is 5.14. The lowest BCUT2D eigenvalue weighted by molar-refractivity contribution is -0.688. The van der Waals surface area contributed by atoms with Gasteiger partial charge in [0.25, 0.3) is 6.33 Å². The van der Waals surface area contributed by atoms with E-state index in [9.17, 15) is 0 Å². The summed E-state index contributed by atoms with van der Waals surface area (Å²) in [5.74, 6) is 0.643. The largest absolute Gasteiger partial charge is 0.325 e. The molecule has 0 atom stereocenters. The Hall–Kier alpha value is -3.35. The minimum Gasteiger partial charge on any atom is -0.248 e. The third-order valence-electron chi connectivity index (χ3n) is 3.59. The number of benzene rings is 1. The van der Waals surface area contributed by atoms with Crippen LogP contribution in [0.15, 0.2) is 73.7 Å². The molecular formula is C17H16N7+. The summed E-state index contributed by atoms with van der Waals surface area (Å²) >= 11 is 0. The maximum atomic E-state index is 4.24. The standard InChI is InChI=1S/C17H16N7/c1-2-5-15(6-3-1)11-24-13-16(20-21-24)12-22-9-10-23(14-22)17-18-7-4-8-19-17/h1-10,13-14H,11-12H2/q+1. The zero-order valence-corrected chi connectivity index (χ0v) is 13.0. The monoisotopic (exact) mass is 318 g/mol. The Morgan fingerprint density at radius 3 is 2.67 bits per heavy atom. The lowest BCUT2D eigenvalue weighted by atomic mass is 10.2. The first-order valence-electron chi connectivity index (χ1n) is 7.64. The van der Waals surface area contributed by atoms with E-state index in [1.165, 1.54) is 5.56 Å². The van der Waals surface area contributed by atoms with Gasteiger partial charge in [0.2, 0.25) is 0 Å². The summed E-state index contributed by atoms with van der Waals surface area (Å²) in [5, 5.41) is 8.44. The van der Waals surface area contributed by atoms with Gasteiger partial charge >= 0.3 is 5.95 Å². The van der Waals surface area contributed by atoms with Crippen LogP contribution in [-0.4, -0.2) is 29.5 Å². The molecule has 24 heavy (non-hydrogen) atoms. The highest BCUT2D eigenvalue weighted by atomic mass is 15.4. The Balaban J connectivity index is 1.46. The third-order valence-corrected chi connectivity index (χ3v) is 3.59. The molecule has 4 aromatic rings. The highest BCUT2D eigenvalue weighted by Crippen LogP contribution is 2.02. The SMILES string of the molecule is c1ccc(Cn2cc(C[n+]3ccn(-c4ncccn4)c3)nn2)cc1. The van der Waals surface area contributed by atoms with Crippen LogP contribution in [0.1, 0.15) is 11.3 Å². The molecular weight excluding hydrogens is 302 g/mol. The third kappa shape index (κ3) is 3.19. The van der Waals surface area contributed by atoms with Crippen molar-refractivity contribution in [3.8, 4) is 5.95 Å². The van der Waals surface area contributed by atoms with E-state index < -0.39 is 0 Å². The van der Waals surface area contributed by atoms with E-state index in [0.29, 0.717) is 12.5 Å². The van der Waals surface area contributed by atoms with E-state index in [1.807, 2.05) is 56.9 Å². The Morgan fingerprint density at radius 1 is 1.00 bits per heavy atom. The topological polar surface area (TPSA) is 65.3 Å². The molecule has 0 N–H and O–H groups in total. The Morgan fingerprint density at radius 2 is 1.83 bits per heavy atom. The fourth-order valence-corrected chi connectivity index (χ4v) is 2.48. The van der Waals surface area contributed by atoms with Gasteiger partial charge in [-0.25, -0.2) is 9.25 Å². The van der Waals surface area contributed by atoms with Gasteiger partial charge in [0.1, 0.15) is 24.6 Å². The zero-order valence-electron chi connectivity index (χ0n) is 13.0. The fraction of sp³-hybridized carbons (Fsp3) is 0.118. The first-order chi connectivity index (χ1) is 11.9. The molecule has 118 valence electrons. The molecule has 0 aliphatic carbocycles. The van der Waals surface area contributed by atoms with Crippen LogP contribution in [0.3, 0.4) is 0 Å². The van der Waals surface area contributed by atoms with E-state index in [-0.39, 0.29) is 0 Å². The highest BCUT2D eigenvalue weighted by Gasteiger charge is 2.11. The number of rotatable bonds is 5. The second kappa shape index (κ2) is 6.41. The summed E-state index contributed by atoms with van der Waals surface area (Å²) in [6, 6.07) is 12.0. The Labute approximate surface area is 138 Å². The summed E-state index contributed by atoms with van der Waals surface area (Å²) in [6.07, 6.45) is 11.2. The molecule has 0 aliphatic heterocycles. The molecule has 7 heteroatoms. The fourth-order valence-electron chi connectivity index (χ4n) is 2.48. The summed E-state index contributed by atoms with van der Waals surface area (Å²) in [5.41, 5.74) is 2.11. The van der Waals surface area contributed by atoms with Gasteiger partial charge in [-0.2, -0.15) is 14.5 Å². The van der Waals surface area contributed by atoms with Gasteiger partial charge in [-0.05, 0) is 11.6 Å². The van der Waals surface area contributed by atoms with Crippen molar-refractivity contribution < 1.29 is 4.57 Å². The van der Waals surface area contributed by atoms with E-state index in [0.717, 1.165) is 12.2 Å². The molecule has 0 radical (unpaired) electrons. The van der Waals surface area contributed by atoms with Gasteiger partial charge in [-0.3, -0.25) is 0 Å². The number of hydrogen-bond acceptors (Lipinski definition) is 4. The first-order valence-corrected chi connectivity index (χ1v) is 7.64. The van der Waals surface area contributed by atoms with Gasteiger partial charge in [-0.15, -0.1) is 5.10 Å². The molecule has 0 amide bonds. The molecule has 0 unspecified atom stereocenters. The van der Waals surface area contributed by atoms with Crippen LogP contribution >= 0.6 is 0 Å². The summed E-state index contributed by atoms with van der Waals surface area (Å²) in [4.78, 5) is 8.45. The van der Waals surface area contributed by atoms with Crippen molar-refractivity contribution in [3.05, 3.63) is 85.0 Å². The first kappa shape index (κ1) is 14.3. The van der Waals surface area contributed by atoms with Crippen LogP contribution in [0.25, 0.3) is 5.95 Å². The van der Waals surface area contributed by atoms with Crippen molar-refractivity contribution in [3.63, 3.8) is 0 Å². The van der Waals surface area contributed by atoms with Crippen molar-refractivity contribution in [2.45, 2.75) is 13.1 Å². The van der Waals surface area contributed by atoms with E-state index in [4.69, 9.17) is 0 Å². The molecule has 0 saturated carbocycles. The Kier molecular flexibility index (Phi) is 3.81. The smallest absolute Gasteiger partial charge is 0.248 e. The van der Waals surface area contributed by atoms with Crippen molar-refractivity contribution in [1.29, 1.82) is 0 Å². The molecule has 7 nitrogen and oxygen atoms in total. The lowest BCUT2D eigenvalue weighted by Crippen LogP contribution is -2.31. The molecule has 0 fully saturated rings. The molecule has 0 bridgehead atoms. The van der Waals surface area contributed by atoms with Gasteiger partial charge in [0.15, 0.2) is 0 Å². The maximum Gasteiger partial charge on any atom is 0.325 e. The molecule has 0 spiro atoms. The predicted octanol–water partition coefficient (Wildman–Crippen LogP) is 1.24. The number of hydrogen-bond donors (Lipinski definition) is 0. The number of aromatic nitrogens is 7. The number of imidazole rings is 1. The van der Waals surface area contributed by atoms with Crippen LogP contribution in [0, 0.1) is 0 Å². The molecule has 0 aliphatic rings. The van der Waals surface area contributed by atoms with Crippen molar-refractivity contribution in [2.24, 2.45) is 0 Å². The average molecular weight is 318 g/mol. The quantitative estimate of drug-likeness (QED) is 0.519. The van der Waals surface area contributed by atoms with E-state index in [2.05, 4.69) is 32.4 Å². The van der Waals surface area contributed by atoms with Gasteiger partial charge in [0.05, 0.1) is 12.7 Å². The normalized spacial score (nSPS) is 10.8. The number of nitrogens with zero attached hydrogens (tertiary/aromatic N) is 7. The van der Waals surface area contributed by atoms with Gasteiger partial charge in [-0.1, -0.05) is 35.5 Å². The minimum atomic E-state index is 0.643. The second-order valence-electron chi connectivity index (χ2n) is 5.44. The zero-order chi connectivity index (χ0) is 16.2. The van der Waals surface area contributed by atoms with Crippen LogP contribution in [0.2, 0.25) is 0 Å². The van der Waals surface area contributed by atoms with Crippen LogP contribution < -0.4 is 4.57 Å². The lowest BCUT2D eigenvalue weighted by Gasteiger charge is -1.99. The molecule has 1 aromatic carbocycles. The van der Waals surface area contributed by atoms with Crippen LogP contribution in [0.5, 0.6) is 0 Å². The van der Waals surface area contributed by atoms with Crippen LogP contribution in [-0.2, 0) is 13.1 Å². The predicted molar refractivity (Wildman–Crippen MR) is 86.2 cm³/mol. The van der Waals surface area contributed by atoms with Crippen molar-refractivity contribution >= 4 is 0 Å². The average Bonchev–Trinajstić information content (AvgIpc) is 3.27. The summed E-state index contributed by atoms with van der Waals surface area (Å²) in [6.45, 7) is 1.37. The van der Waals surface area contributed by atoms with E-state index >= 15 is 0 Å². The Bertz CT molecular complexity index is 912. The summed E-state index contributed by atoms with van der Waals surface area (Å²) < 4.78 is 5.74. The molecule has 3 aromatic heterocycles. The molecule has 0 saturated heterocycles. The molecule has 4 rings (SSSR count). The van der Waals surface area contributed by atoms with Crippen molar-refractivity contribution in [2.75, 3.05) is 0 Å². The van der Waals surface area contributed by atoms with Gasteiger partial charge in [0, 0.05) is 12.4 Å². The second-order valence-corrected chi connectivity index (χ2v) is 5.44. The maximum absolute atomic E-state index is 4.24. The van der Waals surface area contributed by atoms with Crippen molar-refractivity contribution in [1.82, 2.24) is 29.5 Å². The van der Waals surface area contributed by atoms with Crippen LogP contribution in [0.4, 0.5) is 0 Å². The molecule has 3 heterocycles. The minimum absolute atomic E-state index is 0.643.